The molecule has 0 saturated heterocycles. The molecule has 0 aliphatic heterocycles. The average Bonchev–Trinajstić information content (AvgIpc) is 4.54. The molecule has 18 aromatic rings. The van der Waals surface area contributed by atoms with Crippen molar-refractivity contribution in [3.05, 3.63) is 243 Å². The van der Waals surface area contributed by atoms with Crippen LogP contribution >= 0.6 is 0 Å². The topological polar surface area (TPSA) is 71.8 Å². The van der Waals surface area contributed by atoms with Gasteiger partial charge in [0, 0.05) is 54.5 Å². The molecule has 18 rings (SSSR count). The normalized spacial score (nSPS) is 12.4. The van der Waals surface area contributed by atoms with Crippen molar-refractivity contribution < 1.29 is 8.83 Å². The molecule has 0 fully saturated rings. The van der Waals surface area contributed by atoms with Crippen molar-refractivity contribution in [1.29, 1.82) is 0 Å². The Morgan fingerprint density at radius 1 is 0.269 bits per heavy atom. The number of nitrogens with zero attached hydrogens (tertiary/aromatic N) is 6. The van der Waals surface area contributed by atoms with E-state index in [0.29, 0.717) is 17.6 Å². The number of oxazole rings is 2. The zero-order valence-corrected chi connectivity index (χ0v) is 41.6. The lowest BCUT2D eigenvalue weighted by atomic mass is 9.97. The minimum Gasteiger partial charge on any atom is -0.423 e. The van der Waals surface area contributed by atoms with Crippen LogP contribution in [0.5, 0.6) is 0 Å². The van der Waals surface area contributed by atoms with Crippen LogP contribution < -0.4 is 0 Å². The first-order valence-corrected chi connectivity index (χ1v) is 26.4. The Bertz CT molecular complexity index is 5540. The van der Waals surface area contributed by atoms with Crippen LogP contribution in [0.15, 0.2) is 251 Å². The first-order chi connectivity index (χ1) is 38.7. The van der Waals surface area contributed by atoms with Gasteiger partial charge >= 0.3 is 12.0 Å². The largest absolute Gasteiger partial charge is 0.423 e. The van der Waals surface area contributed by atoms with Crippen LogP contribution in [0.4, 0.5) is 0 Å². The van der Waals surface area contributed by atoms with E-state index >= 15 is 0 Å². The molecule has 0 atom stereocenters. The molecule has 0 aliphatic carbocycles. The summed E-state index contributed by atoms with van der Waals surface area (Å²) < 4.78 is 22.8. The van der Waals surface area contributed by atoms with E-state index in [2.05, 4.69) is 237 Å². The second-order valence-electron chi connectivity index (χ2n) is 20.5. The molecule has 0 amide bonds. The van der Waals surface area contributed by atoms with Crippen molar-refractivity contribution in [3.63, 3.8) is 0 Å². The maximum atomic E-state index is 6.87. The Kier molecular flexibility index (Phi) is 8.24. The number of para-hydroxylation sites is 6. The van der Waals surface area contributed by atoms with Crippen molar-refractivity contribution >= 4 is 131 Å². The highest BCUT2D eigenvalue weighted by molar-refractivity contribution is 6.29. The van der Waals surface area contributed by atoms with Gasteiger partial charge < -0.3 is 18.0 Å². The number of fused-ring (bicyclic) bond motifs is 18. The molecule has 0 spiro atoms. The fourth-order valence-corrected chi connectivity index (χ4v) is 13.0. The summed E-state index contributed by atoms with van der Waals surface area (Å²) in [5.74, 6) is 0. The van der Waals surface area contributed by atoms with Crippen molar-refractivity contribution in [1.82, 2.24) is 28.2 Å². The zero-order valence-electron chi connectivity index (χ0n) is 41.6. The van der Waals surface area contributed by atoms with E-state index in [9.17, 15) is 0 Å². The molecule has 8 heteroatoms. The summed E-state index contributed by atoms with van der Waals surface area (Å²) >= 11 is 0. The van der Waals surface area contributed by atoms with Crippen molar-refractivity contribution in [2.75, 3.05) is 0 Å². The van der Waals surface area contributed by atoms with Gasteiger partial charge in [-0.1, -0.05) is 146 Å². The Balaban J connectivity index is 0.855. The summed E-state index contributed by atoms with van der Waals surface area (Å²) in [6.07, 6.45) is 0. The summed E-state index contributed by atoms with van der Waals surface area (Å²) in [7, 11) is 0. The molecule has 362 valence electrons. The van der Waals surface area contributed by atoms with Gasteiger partial charge in [0.2, 0.25) is 0 Å². The first-order valence-electron chi connectivity index (χ1n) is 26.4. The maximum absolute atomic E-state index is 6.87. The van der Waals surface area contributed by atoms with Crippen LogP contribution in [0.2, 0.25) is 0 Å². The third kappa shape index (κ3) is 5.72. The van der Waals surface area contributed by atoms with Gasteiger partial charge in [-0.25, -0.2) is 0 Å². The highest BCUT2D eigenvalue weighted by Gasteiger charge is 2.26. The zero-order chi connectivity index (χ0) is 50.7. The predicted octanol–water partition coefficient (Wildman–Crippen LogP) is 18.3. The average molecular weight is 997 g/mol. The van der Waals surface area contributed by atoms with Crippen molar-refractivity contribution in [2.24, 2.45) is 0 Å². The molecule has 0 radical (unpaired) electrons. The molecule has 8 nitrogen and oxygen atoms in total. The molecule has 0 bridgehead atoms. The second-order valence-corrected chi connectivity index (χ2v) is 20.5. The van der Waals surface area contributed by atoms with E-state index in [-0.39, 0.29) is 0 Å². The Morgan fingerprint density at radius 2 is 0.808 bits per heavy atom. The molecule has 6 heterocycles. The SMILES string of the molecule is c1ccc(-n2c3ccccc3c3cc4c(cc32)c2cc3ccccc3cc2n4-c2nc3cc(-c4ccc5ccc6c(c5c4)c4ccc5c7ccccc7n(-c7ccccc7)c5c4n6-c4nc5ccccc5o4)ccc3o2)cc1. The van der Waals surface area contributed by atoms with Gasteiger partial charge in [0.15, 0.2) is 11.2 Å². The van der Waals surface area contributed by atoms with E-state index in [0.717, 1.165) is 126 Å². The van der Waals surface area contributed by atoms with E-state index in [4.69, 9.17) is 18.8 Å². The second kappa shape index (κ2) is 15.4. The lowest BCUT2D eigenvalue weighted by Crippen LogP contribution is -1.98. The molecule has 0 aliphatic rings. The van der Waals surface area contributed by atoms with Gasteiger partial charge in [0.05, 0.1) is 44.1 Å². The third-order valence-corrected chi connectivity index (χ3v) is 16.4. The van der Waals surface area contributed by atoms with E-state index in [1.165, 1.54) is 21.5 Å². The summed E-state index contributed by atoms with van der Waals surface area (Å²) in [5.41, 5.74) is 16.0. The van der Waals surface area contributed by atoms with Crippen molar-refractivity contribution in [2.45, 2.75) is 0 Å². The minimum absolute atomic E-state index is 0.523. The molecular formula is C70H40N6O2. The van der Waals surface area contributed by atoms with E-state index < -0.39 is 0 Å². The molecule has 78 heavy (non-hydrogen) atoms. The van der Waals surface area contributed by atoms with Crippen LogP contribution in [-0.2, 0) is 0 Å². The van der Waals surface area contributed by atoms with Gasteiger partial charge in [0.1, 0.15) is 11.0 Å². The standard InChI is InChI=1S/C70H40N6O2/c1-3-17-46(18-4-1)73-58-24-12-10-22-49(58)54-39-63-55(40-62(54)73)53-36-42-15-7-8-16-43(42)38-61(53)75(63)69-72-57-37-45(30-34-65(57)78-69)44-28-27-41-29-33-60-66(52(41)35-44)51-32-31-50-48-21-9-13-25-59(48)74(47-19-5-2-6-20-47)67(50)68(51)76(60)70-71-56-23-11-14-26-64(56)77-70/h1-40H. The van der Waals surface area contributed by atoms with Crippen LogP contribution in [0.3, 0.4) is 0 Å². The lowest BCUT2D eigenvalue weighted by Gasteiger charge is -2.10. The van der Waals surface area contributed by atoms with E-state index in [1.54, 1.807) is 0 Å². The quantitative estimate of drug-likeness (QED) is 0.172. The summed E-state index contributed by atoms with van der Waals surface area (Å²) in [6.45, 7) is 0. The van der Waals surface area contributed by atoms with Gasteiger partial charge in [0.25, 0.3) is 0 Å². The van der Waals surface area contributed by atoms with Crippen LogP contribution in [0.1, 0.15) is 0 Å². The predicted molar refractivity (Wildman–Crippen MR) is 319 cm³/mol. The van der Waals surface area contributed by atoms with Gasteiger partial charge in [-0.15, -0.1) is 0 Å². The highest BCUT2D eigenvalue weighted by atomic mass is 16.4. The molecule has 0 saturated carbocycles. The smallest absolute Gasteiger partial charge is 0.307 e. The van der Waals surface area contributed by atoms with Gasteiger partial charge in [-0.2, -0.15) is 9.97 Å². The minimum atomic E-state index is 0.523. The fourth-order valence-electron chi connectivity index (χ4n) is 13.0. The molecular weight excluding hydrogens is 957 g/mol. The monoisotopic (exact) mass is 996 g/mol. The Labute approximate surface area is 443 Å². The van der Waals surface area contributed by atoms with Gasteiger partial charge in [-0.3, -0.25) is 9.13 Å². The Hall–Kier alpha value is -10.7. The van der Waals surface area contributed by atoms with Crippen LogP contribution in [0, 0.1) is 0 Å². The van der Waals surface area contributed by atoms with Crippen LogP contribution in [-0.4, -0.2) is 28.2 Å². The molecule has 12 aromatic carbocycles. The number of benzene rings is 12. The Morgan fingerprint density at radius 3 is 1.60 bits per heavy atom. The van der Waals surface area contributed by atoms with E-state index in [1.807, 2.05) is 24.3 Å². The highest BCUT2D eigenvalue weighted by Crippen LogP contribution is 2.46. The number of rotatable bonds is 5. The number of hydrogen-bond acceptors (Lipinski definition) is 4. The summed E-state index contributed by atoms with van der Waals surface area (Å²) in [4.78, 5) is 10.5. The van der Waals surface area contributed by atoms with Gasteiger partial charge in [-0.05, 0) is 130 Å². The number of aromatic nitrogens is 6. The van der Waals surface area contributed by atoms with Crippen LogP contribution in [0.25, 0.3) is 165 Å². The lowest BCUT2D eigenvalue weighted by molar-refractivity contribution is 0.574. The summed E-state index contributed by atoms with van der Waals surface area (Å²) in [6, 6.07) is 87.8. The summed E-state index contributed by atoms with van der Waals surface area (Å²) in [5, 5.41) is 13.8. The van der Waals surface area contributed by atoms with Crippen molar-refractivity contribution in [3.8, 4) is 34.5 Å². The molecule has 0 unspecified atom stereocenters. The molecule has 6 aromatic heterocycles. The first kappa shape index (κ1) is 41.6. The maximum Gasteiger partial charge on any atom is 0.307 e. The third-order valence-electron chi connectivity index (χ3n) is 16.4. The number of hydrogen-bond donors (Lipinski definition) is 0. The fraction of sp³-hybridized carbons (Fsp3) is 0. The molecule has 0 N–H and O–H groups in total.